The van der Waals surface area contributed by atoms with E-state index in [1.54, 1.807) is 32.0 Å². The molecule has 0 bridgehead atoms. The number of rotatable bonds is 8. The Morgan fingerprint density at radius 1 is 0.966 bits per heavy atom. The van der Waals surface area contributed by atoms with Gasteiger partial charge in [0.25, 0.3) is 0 Å². The van der Waals surface area contributed by atoms with Gasteiger partial charge in [0.2, 0.25) is 10.0 Å². The third kappa shape index (κ3) is 5.85. The molecule has 0 fully saturated rings. The molecule has 7 nitrogen and oxygen atoms in total. The first-order chi connectivity index (χ1) is 13.8. The number of benzene rings is 2. The van der Waals surface area contributed by atoms with Crippen molar-refractivity contribution in [3.05, 3.63) is 59.9 Å². The van der Waals surface area contributed by atoms with Crippen LogP contribution in [-0.4, -0.2) is 44.2 Å². The molecule has 0 heterocycles. The highest BCUT2D eigenvalue weighted by Crippen LogP contribution is 2.16. The second-order valence-corrected chi connectivity index (χ2v) is 8.11. The molecule has 2 amide bonds. The quantitative estimate of drug-likeness (QED) is 0.639. The van der Waals surface area contributed by atoms with Crippen molar-refractivity contribution >= 4 is 27.5 Å². The molecule has 29 heavy (non-hydrogen) atoms. The summed E-state index contributed by atoms with van der Waals surface area (Å²) >= 11 is 0. The molecule has 0 saturated heterocycles. The lowest BCUT2D eigenvalue weighted by Gasteiger charge is -2.18. The second-order valence-electron chi connectivity index (χ2n) is 6.17. The summed E-state index contributed by atoms with van der Waals surface area (Å²) in [4.78, 5) is 23.9. The van der Waals surface area contributed by atoms with E-state index in [0.717, 1.165) is 5.56 Å². The predicted molar refractivity (Wildman–Crippen MR) is 108 cm³/mol. The van der Waals surface area contributed by atoms with Crippen LogP contribution in [0.15, 0.2) is 53.4 Å². The maximum atomic E-state index is 13.5. The minimum Gasteiger partial charge on any atom is -0.347 e. The molecule has 0 aromatic heterocycles. The van der Waals surface area contributed by atoms with Crippen LogP contribution in [0.3, 0.4) is 0 Å². The maximum Gasteiger partial charge on any atom is 0.313 e. The van der Waals surface area contributed by atoms with E-state index in [-0.39, 0.29) is 17.1 Å². The zero-order valence-corrected chi connectivity index (χ0v) is 17.1. The van der Waals surface area contributed by atoms with Crippen molar-refractivity contribution in [2.45, 2.75) is 25.2 Å². The van der Waals surface area contributed by atoms with Crippen molar-refractivity contribution in [3.63, 3.8) is 0 Å². The van der Waals surface area contributed by atoms with Gasteiger partial charge in [-0.05, 0) is 36.2 Å². The first kappa shape index (κ1) is 22.5. The van der Waals surface area contributed by atoms with Crippen LogP contribution in [0.4, 0.5) is 10.1 Å². The van der Waals surface area contributed by atoms with E-state index in [1.807, 2.05) is 0 Å². The molecule has 0 atom stereocenters. The average molecular weight is 421 g/mol. The summed E-state index contributed by atoms with van der Waals surface area (Å²) in [7, 11) is -3.52. The van der Waals surface area contributed by atoms with E-state index in [4.69, 9.17) is 0 Å². The van der Waals surface area contributed by atoms with Crippen molar-refractivity contribution in [2.24, 2.45) is 0 Å². The lowest BCUT2D eigenvalue weighted by Crippen LogP contribution is -2.36. The summed E-state index contributed by atoms with van der Waals surface area (Å²) in [6.07, 6.45) is 0.407. The van der Waals surface area contributed by atoms with Crippen LogP contribution in [0.2, 0.25) is 0 Å². The van der Waals surface area contributed by atoms with Gasteiger partial charge in [-0.3, -0.25) is 9.59 Å². The monoisotopic (exact) mass is 421 g/mol. The van der Waals surface area contributed by atoms with Crippen LogP contribution < -0.4 is 10.6 Å². The molecule has 0 aliphatic carbocycles. The molecular formula is C20H24FN3O4S. The van der Waals surface area contributed by atoms with Gasteiger partial charge < -0.3 is 10.6 Å². The third-order valence-electron chi connectivity index (χ3n) is 4.29. The molecule has 2 N–H and O–H groups in total. The second kappa shape index (κ2) is 10.1. The normalized spacial score (nSPS) is 11.3. The number of para-hydroxylation sites is 1. The Balaban J connectivity index is 1.88. The van der Waals surface area contributed by atoms with E-state index in [0.29, 0.717) is 19.5 Å². The molecule has 0 aliphatic heterocycles. The number of amides is 2. The summed E-state index contributed by atoms with van der Waals surface area (Å²) in [5, 5.41) is 4.66. The van der Waals surface area contributed by atoms with Gasteiger partial charge in [0.15, 0.2) is 0 Å². The SMILES string of the molecule is CCN(CC)S(=O)(=O)c1ccc(CCNC(=O)C(=O)Nc2ccccc2F)cc1. The summed E-state index contributed by atoms with van der Waals surface area (Å²) in [5.41, 5.74) is 0.732. The van der Waals surface area contributed by atoms with Gasteiger partial charge in [-0.25, -0.2) is 12.8 Å². The molecule has 0 aliphatic rings. The highest BCUT2D eigenvalue weighted by molar-refractivity contribution is 7.89. The molecule has 156 valence electrons. The standard InChI is InChI=1S/C20H24FN3O4S/c1-3-24(4-2)29(27,28)16-11-9-15(10-12-16)13-14-22-19(25)20(26)23-18-8-6-5-7-17(18)21/h5-12H,3-4,13-14H2,1-2H3,(H,22,25)(H,23,26). The summed E-state index contributed by atoms with van der Waals surface area (Å²) < 4.78 is 39.8. The van der Waals surface area contributed by atoms with Gasteiger partial charge in [0.05, 0.1) is 10.6 Å². The lowest BCUT2D eigenvalue weighted by molar-refractivity contribution is -0.136. The molecule has 2 aromatic rings. The van der Waals surface area contributed by atoms with Gasteiger partial charge >= 0.3 is 11.8 Å². The smallest absolute Gasteiger partial charge is 0.313 e. The van der Waals surface area contributed by atoms with Crippen LogP contribution in [0.5, 0.6) is 0 Å². The van der Waals surface area contributed by atoms with Gasteiger partial charge in [0, 0.05) is 19.6 Å². The number of carbonyl (C=O) groups is 2. The molecule has 0 unspecified atom stereocenters. The number of hydrogen-bond acceptors (Lipinski definition) is 4. The Hall–Kier alpha value is -2.78. The highest BCUT2D eigenvalue weighted by Gasteiger charge is 2.21. The first-order valence-corrected chi connectivity index (χ1v) is 10.7. The fourth-order valence-electron chi connectivity index (χ4n) is 2.68. The molecule has 2 aromatic carbocycles. The van der Waals surface area contributed by atoms with Gasteiger partial charge in [-0.15, -0.1) is 0 Å². The van der Waals surface area contributed by atoms with Crippen LogP contribution >= 0.6 is 0 Å². The van der Waals surface area contributed by atoms with E-state index in [2.05, 4.69) is 10.6 Å². The summed E-state index contributed by atoms with van der Waals surface area (Å²) in [6, 6.07) is 11.9. The Morgan fingerprint density at radius 3 is 2.17 bits per heavy atom. The minimum atomic E-state index is -3.52. The number of nitrogens with one attached hydrogen (secondary N) is 2. The number of carbonyl (C=O) groups excluding carboxylic acids is 2. The Kier molecular flexibility index (Phi) is 7.86. The van der Waals surface area contributed by atoms with Crippen molar-refractivity contribution in [1.82, 2.24) is 9.62 Å². The van der Waals surface area contributed by atoms with Crippen molar-refractivity contribution in [3.8, 4) is 0 Å². The van der Waals surface area contributed by atoms with E-state index in [1.165, 1.54) is 34.6 Å². The topological polar surface area (TPSA) is 95.6 Å². The largest absolute Gasteiger partial charge is 0.347 e. The zero-order chi connectivity index (χ0) is 21.4. The maximum absolute atomic E-state index is 13.5. The van der Waals surface area contributed by atoms with Crippen LogP contribution in [0.1, 0.15) is 19.4 Å². The Labute approximate surface area is 170 Å². The third-order valence-corrected chi connectivity index (χ3v) is 6.36. The van der Waals surface area contributed by atoms with E-state index in [9.17, 15) is 22.4 Å². The van der Waals surface area contributed by atoms with Crippen LogP contribution in [0.25, 0.3) is 0 Å². The van der Waals surface area contributed by atoms with Gasteiger partial charge in [-0.1, -0.05) is 38.1 Å². The number of sulfonamides is 1. The molecular weight excluding hydrogens is 397 g/mol. The Bertz CT molecular complexity index is 958. The fraction of sp³-hybridized carbons (Fsp3) is 0.300. The molecule has 0 radical (unpaired) electrons. The highest BCUT2D eigenvalue weighted by atomic mass is 32.2. The molecule has 2 rings (SSSR count). The van der Waals surface area contributed by atoms with Crippen LogP contribution in [0, 0.1) is 5.82 Å². The van der Waals surface area contributed by atoms with Crippen LogP contribution in [-0.2, 0) is 26.0 Å². The zero-order valence-electron chi connectivity index (χ0n) is 16.3. The molecule has 0 spiro atoms. The number of nitrogens with zero attached hydrogens (tertiary/aromatic N) is 1. The predicted octanol–water partition coefficient (Wildman–Crippen LogP) is 2.15. The lowest BCUT2D eigenvalue weighted by atomic mass is 10.1. The summed E-state index contributed by atoms with van der Waals surface area (Å²) in [5.74, 6) is -2.47. The van der Waals surface area contributed by atoms with E-state index < -0.39 is 27.7 Å². The van der Waals surface area contributed by atoms with Gasteiger partial charge in [0.1, 0.15) is 5.82 Å². The van der Waals surface area contributed by atoms with Gasteiger partial charge in [-0.2, -0.15) is 4.31 Å². The summed E-state index contributed by atoms with van der Waals surface area (Å²) in [6.45, 7) is 4.51. The Morgan fingerprint density at radius 2 is 1.59 bits per heavy atom. The van der Waals surface area contributed by atoms with Crippen molar-refractivity contribution < 1.29 is 22.4 Å². The average Bonchev–Trinajstić information content (AvgIpc) is 2.70. The molecule has 0 saturated carbocycles. The number of halogens is 1. The molecule has 9 heteroatoms. The fourth-order valence-corrected chi connectivity index (χ4v) is 4.14. The number of anilines is 1. The minimum absolute atomic E-state index is 0.0716. The first-order valence-electron chi connectivity index (χ1n) is 9.22. The number of hydrogen-bond donors (Lipinski definition) is 2. The van der Waals surface area contributed by atoms with E-state index >= 15 is 0 Å². The van der Waals surface area contributed by atoms with Crippen molar-refractivity contribution in [1.29, 1.82) is 0 Å². The van der Waals surface area contributed by atoms with Crippen molar-refractivity contribution in [2.75, 3.05) is 25.0 Å².